The number of hydrogen-bond donors (Lipinski definition) is 0. The van der Waals surface area contributed by atoms with Gasteiger partial charge in [0.25, 0.3) is 0 Å². The Balaban J connectivity index is 2.55. The zero-order chi connectivity index (χ0) is 15.6. The number of rotatable bonds is 3. The van der Waals surface area contributed by atoms with Crippen LogP contribution in [0, 0.1) is 0 Å². The van der Waals surface area contributed by atoms with Crippen LogP contribution in [0.3, 0.4) is 0 Å². The Morgan fingerprint density at radius 1 is 1.05 bits per heavy atom. The summed E-state index contributed by atoms with van der Waals surface area (Å²) in [6.07, 6.45) is -4.43. The van der Waals surface area contributed by atoms with Gasteiger partial charge in [0, 0.05) is 21.2 Å². The molecule has 2 aromatic rings. The third kappa shape index (κ3) is 4.12. The Hall–Kier alpha value is -1.72. The molecule has 0 amide bonds. The third-order valence-electron chi connectivity index (χ3n) is 2.54. The Morgan fingerprint density at radius 3 is 2.38 bits per heavy atom. The van der Waals surface area contributed by atoms with Gasteiger partial charge in [-0.2, -0.15) is 0 Å². The molecule has 0 aliphatic heterocycles. The van der Waals surface area contributed by atoms with Crippen LogP contribution in [0.15, 0.2) is 36.4 Å². The summed E-state index contributed by atoms with van der Waals surface area (Å²) in [5, 5.41) is 0.657. The van der Waals surface area contributed by atoms with E-state index in [0.717, 1.165) is 12.1 Å². The van der Waals surface area contributed by atoms with Gasteiger partial charge in [-0.3, -0.25) is 4.79 Å². The van der Waals surface area contributed by atoms with Crippen molar-refractivity contribution in [2.24, 2.45) is 0 Å². The van der Waals surface area contributed by atoms with E-state index in [1.54, 1.807) is 6.07 Å². The maximum absolute atomic E-state index is 12.3. The van der Waals surface area contributed by atoms with Gasteiger partial charge >= 0.3 is 6.36 Å². The summed E-state index contributed by atoms with van der Waals surface area (Å²) < 4.78 is 40.7. The van der Waals surface area contributed by atoms with Crippen molar-refractivity contribution in [1.82, 2.24) is 0 Å². The minimum Gasteiger partial charge on any atom is -0.406 e. The van der Waals surface area contributed by atoms with Crippen LogP contribution in [0.4, 0.5) is 13.2 Å². The van der Waals surface area contributed by atoms with Crippen LogP contribution < -0.4 is 4.74 Å². The molecule has 7 heteroatoms. The van der Waals surface area contributed by atoms with Crippen LogP contribution in [-0.4, -0.2) is 12.6 Å². The SMILES string of the molecule is O=Cc1cc(OC(F)(F)F)cc(-c2cc(Cl)ccc2Cl)c1. The van der Waals surface area contributed by atoms with Crippen molar-refractivity contribution in [1.29, 1.82) is 0 Å². The molecular formula is C14H7Cl2F3O2. The topological polar surface area (TPSA) is 26.3 Å². The van der Waals surface area contributed by atoms with E-state index in [4.69, 9.17) is 23.2 Å². The fraction of sp³-hybridized carbons (Fsp3) is 0.0714. The van der Waals surface area contributed by atoms with Crippen molar-refractivity contribution in [2.75, 3.05) is 0 Å². The molecule has 0 saturated heterocycles. The summed E-state index contributed by atoms with van der Waals surface area (Å²) in [6.45, 7) is 0. The summed E-state index contributed by atoms with van der Waals surface area (Å²) >= 11 is 11.8. The lowest BCUT2D eigenvalue weighted by atomic mass is 10.0. The van der Waals surface area contributed by atoms with Crippen LogP contribution in [0.5, 0.6) is 5.75 Å². The standard InChI is InChI=1S/C14H7Cl2F3O2/c15-10-1-2-13(16)12(6-10)9-3-8(7-20)4-11(5-9)21-14(17,18)19/h1-7H. The average molecular weight is 335 g/mol. The first-order valence-corrected chi connectivity index (χ1v) is 6.35. The molecular weight excluding hydrogens is 328 g/mol. The quantitative estimate of drug-likeness (QED) is 0.705. The lowest BCUT2D eigenvalue weighted by Crippen LogP contribution is -2.17. The summed E-state index contributed by atoms with van der Waals surface area (Å²) in [4.78, 5) is 10.9. The second-order valence-electron chi connectivity index (χ2n) is 4.08. The van der Waals surface area contributed by atoms with Crippen molar-refractivity contribution in [3.05, 3.63) is 52.0 Å². The molecule has 0 fully saturated rings. The minimum absolute atomic E-state index is 0.0304. The molecule has 2 aromatic carbocycles. The fourth-order valence-corrected chi connectivity index (χ4v) is 2.16. The minimum atomic E-state index is -4.85. The molecule has 0 aliphatic rings. The first-order chi connectivity index (χ1) is 9.78. The molecule has 110 valence electrons. The average Bonchev–Trinajstić information content (AvgIpc) is 2.39. The highest BCUT2D eigenvalue weighted by atomic mass is 35.5. The number of carbonyl (C=O) groups is 1. The highest BCUT2D eigenvalue weighted by Crippen LogP contribution is 2.34. The molecule has 21 heavy (non-hydrogen) atoms. The molecule has 0 aliphatic carbocycles. The lowest BCUT2D eigenvalue weighted by molar-refractivity contribution is -0.274. The number of ether oxygens (including phenoxy) is 1. The second-order valence-corrected chi connectivity index (χ2v) is 4.92. The first kappa shape index (κ1) is 15.7. The van der Waals surface area contributed by atoms with E-state index in [1.165, 1.54) is 18.2 Å². The predicted octanol–water partition coefficient (Wildman–Crippen LogP) is 5.37. The molecule has 2 rings (SSSR count). The van der Waals surface area contributed by atoms with Gasteiger partial charge in [0.05, 0.1) is 0 Å². The Morgan fingerprint density at radius 2 is 1.76 bits per heavy atom. The number of carbonyl (C=O) groups excluding carboxylic acids is 1. The summed E-state index contributed by atoms with van der Waals surface area (Å²) in [7, 11) is 0. The second kappa shape index (κ2) is 5.95. The molecule has 0 radical (unpaired) electrons. The van der Waals surface area contributed by atoms with Gasteiger partial charge in [0.2, 0.25) is 0 Å². The van der Waals surface area contributed by atoms with E-state index >= 15 is 0 Å². The van der Waals surface area contributed by atoms with Crippen LogP contribution in [0.1, 0.15) is 10.4 Å². The fourth-order valence-electron chi connectivity index (χ4n) is 1.76. The highest BCUT2D eigenvalue weighted by molar-refractivity contribution is 6.35. The van der Waals surface area contributed by atoms with Crippen molar-refractivity contribution < 1.29 is 22.7 Å². The molecule has 0 atom stereocenters. The van der Waals surface area contributed by atoms with Gasteiger partial charge in [0.1, 0.15) is 12.0 Å². The predicted molar refractivity (Wildman–Crippen MR) is 74.0 cm³/mol. The van der Waals surface area contributed by atoms with E-state index < -0.39 is 12.1 Å². The first-order valence-electron chi connectivity index (χ1n) is 5.60. The summed E-state index contributed by atoms with van der Waals surface area (Å²) in [6, 6.07) is 8.07. The Kier molecular flexibility index (Phi) is 4.44. The van der Waals surface area contributed by atoms with Crippen molar-refractivity contribution in [2.45, 2.75) is 6.36 Å². The van der Waals surface area contributed by atoms with Gasteiger partial charge in [-0.05, 0) is 42.0 Å². The maximum atomic E-state index is 12.3. The third-order valence-corrected chi connectivity index (χ3v) is 3.10. The maximum Gasteiger partial charge on any atom is 0.573 e. The van der Waals surface area contributed by atoms with E-state index in [-0.39, 0.29) is 5.56 Å². The monoisotopic (exact) mass is 334 g/mol. The number of alkyl halides is 3. The molecule has 0 aromatic heterocycles. The number of halogens is 5. The molecule has 0 heterocycles. The van der Waals surface area contributed by atoms with Crippen molar-refractivity contribution >= 4 is 29.5 Å². The van der Waals surface area contributed by atoms with Crippen molar-refractivity contribution in [3.63, 3.8) is 0 Å². The van der Waals surface area contributed by atoms with Gasteiger partial charge in [-0.1, -0.05) is 23.2 Å². The lowest BCUT2D eigenvalue weighted by Gasteiger charge is -2.12. The zero-order valence-electron chi connectivity index (χ0n) is 10.2. The highest BCUT2D eigenvalue weighted by Gasteiger charge is 2.31. The van der Waals surface area contributed by atoms with Crippen LogP contribution in [-0.2, 0) is 0 Å². The number of benzene rings is 2. The van der Waals surface area contributed by atoms with E-state index in [2.05, 4.69) is 4.74 Å². The van der Waals surface area contributed by atoms with Crippen molar-refractivity contribution in [3.8, 4) is 16.9 Å². The summed E-state index contributed by atoms with van der Waals surface area (Å²) in [5.41, 5.74) is 0.731. The molecule has 2 nitrogen and oxygen atoms in total. The molecule has 0 saturated carbocycles. The Labute approximate surface area is 128 Å². The number of hydrogen-bond acceptors (Lipinski definition) is 2. The van der Waals surface area contributed by atoms with Gasteiger partial charge in [0.15, 0.2) is 0 Å². The zero-order valence-corrected chi connectivity index (χ0v) is 11.8. The molecule has 0 unspecified atom stereocenters. The van der Waals surface area contributed by atoms with Gasteiger partial charge in [-0.15, -0.1) is 13.2 Å². The van der Waals surface area contributed by atoms with Gasteiger partial charge in [-0.25, -0.2) is 0 Å². The van der Waals surface area contributed by atoms with Crippen LogP contribution >= 0.6 is 23.2 Å². The Bertz CT molecular complexity index is 684. The van der Waals surface area contributed by atoms with Gasteiger partial charge < -0.3 is 4.74 Å². The number of aldehydes is 1. The van der Waals surface area contributed by atoms with E-state index in [1.807, 2.05) is 0 Å². The van der Waals surface area contributed by atoms with Crippen LogP contribution in [0.2, 0.25) is 10.0 Å². The van der Waals surface area contributed by atoms with E-state index in [9.17, 15) is 18.0 Å². The molecule has 0 spiro atoms. The smallest absolute Gasteiger partial charge is 0.406 e. The van der Waals surface area contributed by atoms with E-state index in [0.29, 0.717) is 27.5 Å². The molecule has 0 N–H and O–H groups in total. The normalized spacial score (nSPS) is 11.3. The molecule has 0 bridgehead atoms. The summed E-state index contributed by atoms with van der Waals surface area (Å²) in [5.74, 6) is -0.502. The van der Waals surface area contributed by atoms with Crippen LogP contribution in [0.25, 0.3) is 11.1 Å². The largest absolute Gasteiger partial charge is 0.573 e.